The smallest absolute Gasteiger partial charge is 0.225 e. The number of hydrogen-bond donors (Lipinski definition) is 1. The van der Waals surface area contributed by atoms with E-state index in [0.717, 1.165) is 50.7 Å². The molecule has 0 saturated carbocycles. The van der Waals surface area contributed by atoms with Crippen LogP contribution < -0.4 is 10.1 Å². The van der Waals surface area contributed by atoms with E-state index in [1.807, 2.05) is 38.1 Å². The monoisotopic (exact) mass is 319 g/mol. The minimum Gasteiger partial charge on any atom is -0.491 e. The van der Waals surface area contributed by atoms with Crippen molar-refractivity contribution in [3.8, 4) is 5.75 Å². The Balaban J connectivity index is 1.70. The summed E-state index contributed by atoms with van der Waals surface area (Å²) in [5.74, 6) is 0.896. The van der Waals surface area contributed by atoms with E-state index in [-0.39, 0.29) is 12.0 Å². The lowest BCUT2D eigenvalue weighted by molar-refractivity contribution is -0.116. The molecule has 1 aliphatic rings. The maximum absolute atomic E-state index is 12.1. The molecule has 1 aromatic carbocycles. The largest absolute Gasteiger partial charge is 0.491 e. The first-order valence-corrected chi connectivity index (χ1v) is 8.58. The van der Waals surface area contributed by atoms with E-state index in [1.54, 1.807) is 0 Å². The molecule has 1 N–H and O–H groups in total. The van der Waals surface area contributed by atoms with E-state index in [1.165, 1.54) is 0 Å². The highest BCUT2D eigenvalue weighted by atomic mass is 16.5. The first-order valence-electron chi connectivity index (χ1n) is 8.58. The second-order valence-corrected chi connectivity index (χ2v) is 6.27. The summed E-state index contributed by atoms with van der Waals surface area (Å²) >= 11 is 0. The number of carbonyl (C=O) groups is 1. The molecule has 23 heavy (non-hydrogen) atoms. The molecule has 1 saturated heterocycles. The molecule has 1 aliphatic heterocycles. The van der Waals surface area contributed by atoms with Crippen molar-refractivity contribution in [2.24, 2.45) is 0 Å². The van der Waals surface area contributed by atoms with E-state index < -0.39 is 0 Å². The Morgan fingerprint density at radius 2 is 1.74 bits per heavy atom. The van der Waals surface area contributed by atoms with Gasteiger partial charge in [0.25, 0.3) is 0 Å². The van der Waals surface area contributed by atoms with Crippen LogP contribution in [-0.2, 0) is 4.79 Å². The zero-order chi connectivity index (χ0) is 16.7. The normalized spacial score (nSPS) is 16.5. The maximum atomic E-state index is 12.1. The highest BCUT2D eigenvalue weighted by Gasteiger charge is 2.16. The quantitative estimate of drug-likeness (QED) is 0.838. The van der Waals surface area contributed by atoms with Crippen LogP contribution >= 0.6 is 0 Å². The molecule has 1 amide bonds. The minimum atomic E-state index is 0.0699. The molecule has 5 nitrogen and oxygen atoms in total. The number of carbonyl (C=O) groups excluding carboxylic acids is 1. The van der Waals surface area contributed by atoms with Gasteiger partial charge in [-0.1, -0.05) is 6.92 Å². The van der Waals surface area contributed by atoms with Crippen molar-refractivity contribution < 1.29 is 9.53 Å². The molecule has 128 valence electrons. The van der Waals surface area contributed by atoms with Crippen molar-refractivity contribution in [2.45, 2.75) is 33.3 Å². The van der Waals surface area contributed by atoms with Gasteiger partial charge in [0.15, 0.2) is 0 Å². The number of amides is 1. The van der Waals surface area contributed by atoms with Gasteiger partial charge in [0.05, 0.1) is 6.10 Å². The van der Waals surface area contributed by atoms with Crippen LogP contribution in [0.4, 0.5) is 5.69 Å². The number of hydrogen-bond acceptors (Lipinski definition) is 4. The van der Waals surface area contributed by atoms with E-state index >= 15 is 0 Å². The number of ether oxygens (including phenoxy) is 1. The molecular formula is C18H29N3O2. The Morgan fingerprint density at radius 3 is 2.30 bits per heavy atom. The summed E-state index contributed by atoms with van der Waals surface area (Å²) in [5.41, 5.74) is 0.821. The Kier molecular flexibility index (Phi) is 6.86. The van der Waals surface area contributed by atoms with Crippen molar-refractivity contribution >= 4 is 11.6 Å². The van der Waals surface area contributed by atoms with E-state index in [9.17, 15) is 4.79 Å². The SMILES string of the molecule is CCN1CCN(CCC(=O)Nc2ccc(OC(C)C)cc2)CC1. The molecule has 0 aromatic heterocycles. The van der Waals surface area contributed by atoms with Crippen LogP contribution in [0.2, 0.25) is 0 Å². The number of benzene rings is 1. The van der Waals surface area contributed by atoms with Crippen molar-refractivity contribution in [3.63, 3.8) is 0 Å². The average Bonchev–Trinajstić information content (AvgIpc) is 2.55. The molecule has 0 unspecified atom stereocenters. The number of piperazine rings is 1. The van der Waals surface area contributed by atoms with E-state index in [4.69, 9.17) is 4.74 Å². The van der Waals surface area contributed by atoms with Gasteiger partial charge >= 0.3 is 0 Å². The molecule has 0 atom stereocenters. The van der Waals surface area contributed by atoms with Gasteiger partial charge in [-0.15, -0.1) is 0 Å². The predicted octanol–water partition coefficient (Wildman–Crippen LogP) is 2.44. The average molecular weight is 319 g/mol. The van der Waals surface area contributed by atoms with Crippen molar-refractivity contribution in [2.75, 3.05) is 44.6 Å². The van der Waals surface area contributed by atoms with Gasteiger partial charge in [-0.3, -0.25) is 4.79 Å². The summed E-state index contributed by atoms with van der Waals surface area (Å²) < 4.78 is 5.60. The lowest BCUT2D eigenvalue weighted by Crippen LogP contribution is -2.46. The van der Waals surface area contributed by atoms with Gasteiger partial charge in [0.2, 0.25) is 5.91 Å². The molecule has 1 heterocycles. The summed E-state index contributed by atoms with van der Waals surface area (Å²) in [4.78, 5) is 16.9. The zero-order valence-corrected chi connectivity index (χ0v) is 14.5. The zero-order valence-electron chi connectivity index (χ0n) is 14.5. The standard InChI is InChI=1S/C18H29N3O2/c1-4-20-11-13-21(14-12-20)10-9-18(22)19-16-5-7-17(8-6-16)23-15(2)3/h5-8,15H,4,9-14H2,1-3H3,(H,19,22). The summed E-state index contributed by atoms with van der Waals surface area (Å²) in [6.45, 7) is 12.5. The number of rotatable bonds is 7. The fourth-order valence-electron chi connectivity index (χ4n) is 2.70. The second kappa shape index (κ2) is 8.89. The molecule has 1 aromatic rings. The highest BCUT2D eigenvalue weighted by molar-refractivity contribution is 5.90. The van der Waals surface area contributed by atoms with Gasteiger partial charge < -0.3 is 19.9 Å². The fraction of sp³-hybridized carbons (Fsp3) is 0.611. The Morgan fingerprint density at radius 1 is 1.13 bits per heavy atom. The number of likely N-dealkylation sites (N-methyl/N-ethyl adjacent to an activating group) is 1. The van der Waals surface area contributed by atoms with E-state index in [2.05, 4.69) is 22.0 Å². The van der Waals surface area contributed by atoms with Gasteiger partial charge in [-0.05, 0) is 44.7 Å². The molecule has 1 fully saturated rings. The highest BCUT2D eigenvalue weighted by Crippen LogP contribution is 2.17. The number of nitrogens with one attached hydrogen (secondary N) is 1. The van der Waals surface area contributed by atoms with Crippen molar-refractivity contribution in [1.29, 1.82) is 0 Å². The van der Waals surface area contributed by atoms with Gasteiger partial charge in [0, 0.05) is 44.8 Å². The second-order valence-electron chi connectivity index (χ2n) is 6.27. The van der Waals surface area contributed by atoms with Crippen molar-refractivity contribution in [3.05, 3.63) is 24.3 Å². The third kappa shape index (κ3) is 6.20. The molecule has 0 aliphatic carbocycles. The molecule has 0 radical (unpaired) electrons. The molecular weight excluding hydrogens is 290 g/mol. The third-order valence-electron chi connectivity index (χ3n) is 4.08. The van der Waals surface area contributed by atoms with Gasteiger partial charge in [0.1, 0.15) is 5.75 Å². The van der Waals surface area contributed by atoms with Gasteiger partial charge in [-0.2, -0.15) is 0 Å². The number of anilines is 1. The van der Waals surface area contributed by atoms with Crippen LogP contribution in [0.15, 0.2) is 24.3 Å². The lowest BCUT2D eigenvalue weighted by atomic mass is 10.2. The molecule has 2 rings (SSSR count). The molecule has 5 heteroatoms. The molecule has 0 bridgehead atoms. The minimum absolute atomic E-state index is 0.0699. The Labute approximate surface area is 139 Å². The lowest BCUT2D eigenvalue weighted by Gasteiger charge is -2.33. The van der Waals surface area contributed by atoms with Crippen LogP contribution in [0, 0.1) is 0 Å². The maximum Gasteiger partial charge on any atom is 0.225 e. The topological polar surface area (TPSA) is 44.8 Å². The number of nitrogens with zero attached hydrogens (tertiary/aromatic N) is 2. The summed E-state index contributed by atoms with van der Waals surface area (Å²) in [5, 5.41) is 2.95. The summed E-state index contributed by atoms with van der Waals surface area (Å²) in [7, 11) is 0. The summed E-state index contributed by atoms with van der Waals surface area (Å²) in [6.07, 6.45) is 0.694. The van der Waals surface area contributed by atoms with E-state index in [0.29, 0.717) is 6.42 Å². The first kappa shape index (κ1) is 17.8. The fourth-order valence-corrected chi connectivity index (χ4v) is 2.70. The predicted molar refractivity (Wildman–Crippen MR) is 94.0 cm³/mol. The Hall–Kier alpha value is -1.59. The van der Waals surface area contributed by atoms with Crippen LogP contribution in [-0.4, -0.2) is 61.1 Å². The van der Waals surface area contributed by atoms with Crippen LogP contribution in [0.3, 0.4) is 0 Å². The van der Waals surface area contributed by atoms with Crippen LogP contribution in [0.5, 0.6) is 5.75 Å². The van der Waals surface area contributed by atoms with Crippen molar-refractivity contribution in [1.82, 2.24) is 9.80 Å². The first-order chi connectivity index (χ1) is 11.1. The third-order valence-corrected chi connectivity index (χ3v) is 4.08. The van der Waals surface area contributed by atoms with Gasteiger partial charge in [-0.25, -0.2) is 0 Å². The van der Waals surface area contributed by atoms with Crippen LogP contribution in [0.25, 0.3) is 0 Å². The molecule has 0 spiro atoms. The summed E-state index contributed by atoms with van der Waals surface area (Å²) in [6, 6.07) is 7.55. The van der Waals surface area contributed by atoms with Crippen LogP contribution in [0.1, 0.15) is 27.2 Å². The Bertz CT molecular complexity index is 480.